The monoisotopic (exact) mass is 285 g/mol. The molecule has 0 saturated carbocycles. The Labute approximate surface area is 124 Å². The van der Waals surface area contributed by atoms with Crippen molar-refractivity contribution in [2.45, 2.75) is 19.8 Å². The van der Waals surface area contributed by atoms with Crippen molar-refractivity contribution in [2.75, 3.05) is 11.9 Å². The van der Waals surface area contributed by atoms with Crippen LogP contribution >= 0.6 is 0 Å². The lowest BCUT2D eigenvalue weighted by Gasteiger charge is -2.05. The molecule has 0 aliphatic carbocycles. The average molecular weight is 285 g/mol. The van der Waals surface area contributed by atoms with E-state index in [1.165, 1.54) is 0 Å². The molecule has 5 heteroatoms. The Morgan fingerprint density at radius 2 is 2.19 bits per heavy atom. The smallest absolute Gasteiger partial charge is 0.256 e. The molecule has 110 valence electrons. The van der Waals surface area contributed by atoms with Gasteiger partial charge >= 0.3 is 0 Å². The molecule has 0 spiro atoms. The number of hydrogen-bond acceptors (Lipinski definition) is 3. The fourth-order valence-corrected chi connectivity index (χ4v) is 1.87. The van der Waals surface area contributed by atoms with Gasteiger partial charge in [-0.3, -0.25) is 9.89 Å². The predicted octanol–water partition coefficient (Wildman–Crippen LogP) is 3.18. The molecule has 0 atom stereocenters. The highest BCUT2D eigenvalue weighted by molar-refractivity contribution is 6.03. The first kappa shape index (κ1) is 14.8. The first-order valence-corrected chi connectivity index (χ1v) is 6.92. The van der Waals surface area contributed by atoms with Crippen LogP contribution in [0.4, 0.5) is 5.82 Å². The molecule has 5 nitrogen and oxygen atoms in total. The zero-order valence-corrected chi connectivity index (χ0v) is 12.1. The van der Waals surface area contributed by atoms with Crippen LogP contribution in [0.3, 0.4) is 0 Å². The molecule has 1 aromatic heterocycles. The number of H-pyrrole nitrogens is 1. The Morgan fingerprint density at radius 3 is 2.86 bits per heavy atom. The number of nitrogens with one attached hydrogen (secondary N) is 2. The van der Waals surface area contributed by atoms with Crippen molar-refractivity contribution in [3.8, 4) is 5.75 Å². The Morgan fingerprint density at radius 1 is 1.43 bits per heavy atom. The van der Waals surface area contributed by atoms with Crippen LogP contribution in [-0.2, 0) is 6.42 Å². The van der Waals surface area contributed by atoms with Crippen LogP contribution in [0.5, 0.6) is 5.75 Å². The molecule has 0 fully saturated rings. The summed E-state index contributed by atoms with van der Waals surface area (Å²) in [6.45, 7) is 6.12. The quantitative estimate of drug-likeness (QED) is 0.768. The molecule has 0 aliphatic heterocycles. The number of benzene rings is 1. The third-order valence-electron chi connectivity index (χ3n) is 2.88. The molecule has 0 saturated heterocycles. The number of aromatic amines is 1. The average Bonchev–Trinajstić information content (AvgIpc) is 2.93. The molecule has 2 N–H and O–H groups in total. The molecule has 0 radical (unpaired) electrons. The number of aryl methyl sites for hydroxylation is 1. The van der Waals surface area contributed by atoms with Gasteiger partial charge in [0.05, 0.1) is 0 Å². The minimum Gasteiger partial charge on any atom is -0.490 e. The zero-order valence-electron chi connectivity index (χ0n) is 12.1. The summed E-state index contributed by atoms with van der Waals surface area (Å²) in [5, 5.41) is 9.73. The van der Waals surface area contributed by atoms with E-state index >= 15 is 0 Å². The summed E-state index contributed by atoms with van der Waals surface area (Å²) < 4.78 is 5.37. The van der Waals surface area contributed by atoms with Crippen LogP contribution in [0.15, 0.2) is 43.0 Å². The molecule has 2 rings (SSSR count). The maximum absolute atomic E-state index is 12.1. The summed E-state index contributed by atoms with van der Waals surface area (Å²) in [4.78, 5) is 12.1. The van der Waals surface area contributed by atoms with Gasteiger partial charge in [0.15, 0.2) is 5.82 Å². The van der Waals surface area contributed by atoms with Crippen molar-refractivity contribution < 1.29 is 9.53 Å². The van der Waals surface area contributed by atoms with Gasteiger partial charge in [0.2, 0.25) is 0 Å². The lowest BCUT2D eigenvalue weighted by Crippen LogP contribution is -2.12. The zero-order chi connectivity index (χ0) is 15.1. The second-order valence-corrected chi connectivity index (χ2v) is 4.61. The van der Waals surface area contributed by atoms with Gasteiger partial charge in [-0.2, -0.15) is 5.10 Å². The minimum absolute atomic E-state index is 0.195. The molecular weight excluding hydrogens is 266 g/mol. The van der Waals surface area contributed by atoms with Crippen molar-refractivity contribution in [1.82, 2.24) is 10.2 Å². The third-order valence-corrected chi connectivity index (χ3v) is 2.88. The number of carbonyl (C=O) groups excluding carboxylic acids is 1. The fourth-order valence-electron chi connectivity index (χ4n) is 1.87. The van der Waals surface area contributed by atoms with Crippen molar-refractivity contribution in [2.24, 2.45) is 0 Å². The van der Waals surface area contributed by atoms with Gasteiger partial charge in [0, 0.05) is 17.3 Å². The lowest BCUT2D eigenvalue weighted by atomic mass is 10.2. The van der Waals surface area contributed by atoms with E-state index in [1.54, 1.807) is 30.3 Å². The molecular formula is C16H19N3O2. The summed E-state index contributed by atoms with van der Waals surface area (Å²) in [5.74, 6) is 1.05. The first-order chi connectivity index (χ1) is 10.2. The van der Waals surface area contributed by atoms with E-state index in [9.17, 15) is 4.79 Å². The van der Waals surface area contributed by atoms with E-state index in [2.05, 4.69) is 29.0 Å². The molecule has 1 amide bonds. The van der Waals surface area contributed by atoms with Gasteiger partial charge in [-0.05, 0) is 30.7 Å². The highest BCUT2D eigenvalue weighted by Gasteiger charge is 2.08. The van der Waals surface area contributed by atoms with Crippen LogP contribution in [0.1, 0.15) is 29.4 Å². The minimum atomic E-state index is -0.195. The largest absolute Gasteiger partial charge is 0.490 e. The number of aromatic nitrogens is 2. The number of hydrogen-bond donors (Lipinski definition) is 2. The first-order valence-electron chi connectivity index (χ1n) is 6.92. The topological polar surface area (TPSA) is 67.0 Å². The standard InChI is InChI=1S/C16H19N3O2/c1-3-5-13-11-15(19-18-13)17-16(20)12-6-8-14(9-7-12)21-10-4-2/h4,6-9,11H,2-3,5,10H2,1H3,(H2,17,18,19,20). The number of amides is 1. The second kappa shape index (κ2) is 7.28. The Balaban J connectivity index is 1.97. The van der Waals surface area contributed by atoms with Gasteiger partial charge in [0.1, 0.15) is 12.4 Å². The Hall–Kier alpha value is -2.56. The fraction of sp³-hybridized carbons (Fsp3) is 0.250. The van der Waals surface area contributed by atoms with E-state index < -0.39 is 0 Å². The maximum atomic E-state index is 12.1. The second-order valence-electron chi connectivity index (χ2n) is 4.61. The SMILES string of the molecule is C=CCOc1ccc(C(=O)Nc2cc(CCC)[nH]n2)cc1. The van der Waals surface area contributed by atoms with Crippen molar-refractivity contribution >= 4 is 11.7 Å². The van der Waals surface area contributed by atoms with E-state index in [0.29, 0.717) is 23.7 Å². The highest BCUT2D eigenvalue weighted by Crippen LogP contribution is 2.14. The summed E-state index contributed by atoms with van der Waals surface area (Å²) in [5.41, 5.74) is 1.57. The Kier molecular flexibility index (Phi) is 5.15. The number of nitrogens with zero attached hydrogens (tertiary/aromatic N) is 1. The Bertz CT molecular complexity index is 602. The van der Waals surface area contributed by atoms with Gasteiger partial charge in [0.25, 0.3) is 5.91 Å². The number of ether oxygens (including phenoxy) is 1. The molecule has 0 aliphatic rings. The van der Waals surface area contributed by atoms with Gasteiger partial charge < -0.3 is 10.1 Å². The van der Waals surface area contributed by atoms with Gasteiger partial charge in [-0.1, -0.05) is 26.0 Å². The summed E-state index contributed by atoms with van der Waals surface area (Å²) in [6.07, 6.45) is 3.62. The van der Waals surface area contributed by atoms with E-state index in [0.717, 1.165) is 18.5 Å². The van der Waals surface area contributed by atoms with Crippen molar-refractivity contribution in [3.63, 3.8) is 0 Å². The van der Waals surface area contributed by atoms with Crippen molar-refractivity contribution in [3.05, 3.63) is 54.2 Å². The van der Waals surface area contributed by atoms with Crippen LogP contribution in [0.2, 0.25) is 0 Å². The number of rotatable bonds is 7. The predicted molar refractivity (Wildman–Crippen MR) is 82.7 cm³/mol. The summed E-state index contributed by atoms with van der Waals surface area (Å²) in [6, 6.07) is 8.79. The summed E-state index contributed by atoms with van der Waals surface area (Å²) >= 11 is 0. The van der Waals surface area contributed by atoms with Crippen LogP contribution in [0, 0.1) is 0 Å². The van der Waals surface area contributed by atoms with Gasteiger partial charge in [-0.25, -0.2) is 0 Å². The van der Waals surface area contributed by atoms with Crippen molar-refractivity contribution in [1.29, 1.82) is 0 Å². The summed E-state index contributed by atoms with van der Waals surface area (Å²) in [7, 11) is 0. The van der Waals surface area contributed by atoms with E-state index in [4.69, 9.17) is 4.74 Å². The molecule has 0 unspecified atom stereocenters. The van der Waals surface area contributed by atoms with Crippen LogP contribution in [0.25, 0.3) is 0 Å². The molecule has 0 bridgehead atoms. The lowest BCUT2D eigenvalue weighted by molar-refractivity contribution is 0.102. The van der Waals surface area contributed by atoms with E-state index in [-0.39, 0.29) is 5.91 Å². The van der Waals surface area contributed by atoms with E-state index in [1.807, 2.05) is 6.07 Å². The molecule has 1 heterocycles. The number of carbonyl (C=O) groups is 1. The van der Waals surface area contributed by atoms with Crippen LogP contribution < -0.4 is 10.1 Å². The molecule has 1 aromatic carbocycles. The molecule has 2 aromatic rings. The van der Waals surface area contributed by atoms with Crippen LogP contribution in [-0.4, -0.2) is 22.7 Å². The third kappa shape index (κ3) is 4.21. The molecule has 21 heavy (non-hydrogen) atoms. The normalized spacial score (nSPS) is 10.1. The highest BCUT2D eigenvalue weighted by atomic mass is 16.5. The number of anilines is 1. The maximum Gasteiger partial charge on any atom is 0.256 e. The van der Waals surface area contributed by atoms with Gasteiger partial charge in [-0.15, -0.1) is 0 Å².